The maximum absolute atomic E-state index is 5.53. The summed E-state index contributed by atoms with van der Waals surface area (Å²) >= 11 is 0. The molecular formula is C13H16N4O. The molecular weight excluding hydrogens is 228 g/mol. The number of pyridine rings is 1. The molecule has 5 nitrogen and oxygen atoms in total. The largest absolute Gasteiger partial charge is 0.332 e. The van der Waals surface area contributed by atoms with Crippen molar-refractivity contribution in [1.82, 2.24) is 15.1 Å². The predicted octanol–water partition coefficient (Wildman–Crippen LogP) is 2.10. The lowest BCUT2D eigenvalue weighted by Gasteiger charge is -1.97. The van der Waals surface area contributed by atoms with Gasteiger partial charge in [0.25, 0.3) is 5.89 Å². The first-order chi connectivity index (χ1) is 8.60. The molecule has 0 radical (unpaired) electrons. The fourth-order valence-corrected chi connectivity index (χ4v) is 2.06. The Morgan fingerprint density at radius 2 is 2.22 bits per heavy atom. The van der Waals surface area contributed by atoms with Crippen LogP contribution in [0.3, 0.4) is 0 Å². The minimum atomic E-state index is 0.304. The fraction of sp³-hybridized carbons (Fsp3) is 0.462. The highest BCUT2D eigenvalue weighted by molar-refractivity contribution is 5.46. The van der Waals surface area contributed by atoms with Crippen LogP contribution < -0.4 is 5.73 Å². The SMILES string of the molecule is CC1(C)CC1c1noc(-c2ccc(CN)cn2)n1. The zero-order valence-corrected chi connectivity index (χ0v) is 10.6. The normalized spacial score (nSPS) is 20.9. The number of nitrogens with two attached hydrogens (primary N) is 1. The molecule has 0 spiro atoms. The van der Waals surface area contributed by atoms with Crippen molar-refractivity contribution in [2.45, 2.75) is 32.7 Å². The molecule has 1 saturated carbocycles. The Kier molecular flexibility index (Phi) is 2.45. The third-order valence-electron chi connectivity index (χ3n) is 3.55. The second-order valence-electron chi connectivity index (χ2n) is 5.46. The van der Waals surface area contributed by atoms with Crippen LogP contribution in [0.25, 0.3) is 11.6 Å². The van der Waals surface area contributed by atoms with E-state index in [2.05, 4.69) is 29.0 Å². The van der Waals surface area contributed by atoms with Crippen molar-refractivity contribution < 1.29 is 4.52 Å². The van der Waals surface area contributed by atoms with Crippen LogP contribution in [0.15, 0.2) is 22.9 Å². The summed E-state index contributed by atoms with van der Waals surface area (Å²) in [4.78, 5) is 8.70. The van der Waals surface area contributed by atoms with Crippen molar-refractivity contribution in [1.29, 1.82) is 0 Å². The topological polar surface area (TPSA) is 77.8 Å². The maximum atomic E-state index is 5.53. The number of rotatable bonds is 3. The van der Waals surface area contributed by atoms with Gasteiger partial charge in [-0.15, -0.1) is 0 Å². The lowest BCUT2D eigenvalue weighted by molar-refractivity contribution is 0.418. The minimum absolute atomic E-state index is 0.304. The molecule has 2 heterocycles. The fourth-order valence-electron chi connectivity index (χ4n) is 2.06. The molecule has 18 heavy (non-hydrogen) atoms. The second kappa shape index (κ2) is 3.88. The first-order valence-electron chi connectivity index (χ1n) is 6.09. The summed E-state index contributed by atoms with van der Waals surface area (Å²) in [6.07, 6.45) is 2.85. The third-order valence-corrected chi connectivity index (χ3v) is 3.55. The van der Waals surface area contributed by atoms with Gasteiger partial charge in [-0.1, -0.05) is 25.1 Å². The summed E-state index contributed by atoms with van der Waals surface area (Å²) in [5, 5.41) is 4.04. The van der Waals surface area contributed by atoms with Gasteiger partial charge in [0, 0.05) is 18.7 Å². The van der Waals surface area contributed by atoms with Crippen molar-refractivity contribution in [3.8, 4) is 11.6 Å². The summed E-state index contributed by atoms with van der Waals surface area (Å²) < 4.78 is 5.26. The third kappa shape index (κ3) is 1.90. The molecule has 5 heteroatoms. The molecule has 1 fully saturated rings. The van der Waals surface area contributed by atoms with Crippen LogP contribution >= 0.6 is 0 Å². The van der Waals surface area contributed by atoms with Gasteiger partial charge >= 0.3 is 0 Å². The van der Waals surface area contributed by atoms with Crippen LogP contribution in [0.2, 0.25) is 0 Å². The Labute approximate surface area is 105 Å². The van der Waals surface area contributed by atoms with E-state index in [-0.39, 0.29) is 0 Å². The lowest BCUT2D eigenvalue weighted by atomic mass is 10.1. The number of hydrogen-bond acceptors (Lipinski definition) is 5. The van der Waals surface area contributed by atoms with Gasteiger partial charge in [-0.3, -0.25) is 4.98 Å². The molecule has 94 valence electrons. The zero-order chi connectivity index (χ0) is 12.8. The van der Waals surface area contributed by atoms with Gasteiger partial charge in [0.1, 0.15) is 5.69 Å². The first kappa shape index (κ1) is 11.3. The molecule has 2 aromatic heterocycles. The molecule has 1 atom stereocenters. The van der Waals surface area contributed by atoms with E-state index in [1.807, 2.05) is 12.1 Å². The molecule has 0 saturated heterocycles. The Morgan fingerprint density at radius 3 is 2.78 bits per heavy atom. The molecule has 0 aromatic carbocycles. The summed E-state index contributed by atoms with van der Waals surface area (Å²) in [7, 11) is 0. The van der Waals surface area contributed by atoms with E-state index < -0.39 is 0 Å². The van der Waals surface area contributed by atoms with E-state index in [0.717, 1.165) is 17.8 Å². The Morgan fingerprint density at radius 1 is 1.44 bits per heavy atom. The van der Waals surface area contributed by atoms with Crippen LogP contribution in [-0.4, -0.2) is 15.1 Å². The van der Waals surface area contributed by atoms with Crippen molar-refractivity contribution in [3.05, 3.63) is 29.7 Å². The van der Waals surface area contributed by atoms with Gasteiger partial charge in [-0.2, -0.15) is 4.98 Å². The molecule has 3 rings (SSSR count). The van der Waals surface area contributed by atoms with Crippen LogP contribution in [0.5, 0.6) is 0 Å². The van der Waals surface area contributed by atoms with Gasteiger partial charge in [0.05, 0.1) is 0 Å². The summed E-state index contributed by atoms with van der Waals surface area (Å²) in [5.74, 6) is 1.69. The molecule has 0 aliphatic heterocycles. The second-order valence-corrected chi connectivity index (χ2v) is 5.46. The Hall–Kier alpha value is -1.75. The molecule has 2 aromatic rings. The van der Waals surface area contributed by atoms with Crippen LogP contribution in [0.4, 0.5) is 0 Å². The number of aromatic nitrogens is 3. The summed E-state index contributed by atoms with van der Waals surface area (Å²) in [6, 6.07) is 3.78. The van der Waals surface area contributed by atoms with Crippen molar-refractivity contribution in [3.63, 3.8) is 0 Å². The monoisotopic (exact) mass is 244 g/mol. The summed E-state index contributed by atoms with van der Waals surface area (Å²) in [6.45, 7) is 4.91. The van der Waals surface area contributed by atoms with Crippen molar-refractivity contribution in [2.24, 2.45) is 11.1 Å². The highest BCUT2D eigenvalue weighted by atomic mass is 16.5. The lowest BCUT2D eigenvalue weighted by Crippen LogP contribution is -1.97. The zero-order valence-electron chi connectivity index (χ0n) is 10.6. The first-order valence-corrected chi connectivity index (χ1v) is 6.09. The average Bonchev–Trinajstić information content (AvgIpc) is 2.80. The van der Waals surface area contributed by atoms with Gasteiger partial charge in [-0.25, -0.2) is 0 Å². The van der Waals surface area contributed by atoms with Gasteiger partial charge in [0.15, 0.2) is 5.82 Å². The van der Waals surface area contributed by atoms with Crippen LogP contribution in [-0.2, 0) is 6.54 Å². The van der Waals surface area contributed by atoms with E-state index in [0.29, 0.717) is 29.5 Å². The Bertz CT molecular complexity index is 559. The molecule has 0 amide bonds. The highest BCUT2D eigenvalue weighted by Gasteiger charge is 2.49. The van der Waals surface area contributed by atoms with E-state index in [4.69, 9.17) is 10.3 Å². The van der Waals surface area contributed by atoms with E-state index in [9.17, 15) is 0 Å². The molecule has 1 aliphatic rings. The predicted molar refractivity (Wildman–Crippen MR) is 66.6 cm³/mol. The van der Waals surface area contributed by atoms with Crippen molar-refractivity contribution in [2.75, 3.05) is 0 Å². The smallest absolute Gasteiger partial charge is 0.276 e. The number of nitrogens with zero attached hydrogens (tertiary/aromatic N) is 3. The standard InChI is InChI=1S/C13H16N4O/c1-13(2)5-9(13)11-16-12(18-17-11)10-4-3-8(6-14)7-15-10/h3-4,7,9H,5-6,14H2,1-2H3. The molecule has 0 bridgehead atoms. The molecule has 1 aliphatic carbocycles. The average molecular weight is 244 g/mol. The molecule has 1 unspecified atom stereocenters. The van der Waals surface area contributed by atoms with Crippen molar-refractivity contribution >= 4 is 0 Å². The van der Waals surface area contributed by atoms with Gasteiger partial charge in [-0.05, 0) is 23.5 Å². The van der Waals surface area contributed by atoms with Gasteiger partial charge in [0.2, 0.25) is 0 Å². The highest BCUT2D eigenvalue weighted by Crippen LogP contribution is 2.57. The summed E-state index contributed by atoms with van der Waals surface area (Å²) in [5.41, 5.74) is 7.52. The van der Waals surface area contributed by atoms with Gasteiger partial charge < -0.3 is 10.3 Å². The van der Waals surface area contributed by atoms with E-state index in [1.54, 1.807) is 6.20 Å². The Balaban J connectivity index is 1.84. The van der Waals surface area contributed by atoms with Crippen LogP contribution in [0.1, 0.15) is 37.6 Å². The number of hydrogen-bond donors (Lipinski definition) is 1. The molecule has 2 N–H and O–H groups in total. The maximum Gasteiger partial charge on any atom is 0.276 e. The van der Waals surface area contributed by atoms with E-state index >= 15 is 0 Å². The van der Waals surface area contributed by atoms with E-state index in [1.165, 1.54) is 0 Å². The van der Waals surface area contributed by atoms with Crippen LogP contribution in [0, 0.1) is 5.41 Å². The minimum Gasteiger partial charge on any atom is -0.332 e. The quantitative estimate of drug-likeness (QED) is 0.894.